The number of carbonyl (C=O) groups is 3. The first-order valence-corrected chi connectivity index (χ1v) is 7.45. The predicted octanol–water partition coefficient (Wildman–Crippen LogP) is 1.50. The molecule has 1 atom stereocenters. The minimum Gasteiger partial charge on any atom is -0.480 e. The molecule has 4 N–H and O–H groups in total. The van der Waals surface area contributed by atoms with E-state index < -0.39 is 23.8 Å². The van der Waals surface area contributed by atoms with E-state index in [4.69, 9.17) is 10.8 Å². The van der Waals surface area contributed by atoms with E-state index in [2.05, 4.69) is 21.2 Å². The van der Waals surface area contributed by atoms with Gasteiger partial charge in [-0.05, 0) is 47.2 Å². The van der Waals surface area contributed by atoms with Gasteiger partial charge in [0.1, 0.15) is 6.04 Å². The molecular weight excluding hydrogens is 443 g/mol. The summed E-state index contributed by atoms with van der Waals surface area (Å²) < 4.78 is 1.41. The first-order valence-electron chi connectivity index (χ1n) is 5.58. The third-order valence-corrected chi connectivity index (χ3v) is 3.89. The Morgan fingerprint density at radius 2 is 2.05 bits per heavy atom. The minimum absolute atomic E-state index is 0.0407. The number of benzene rings is 1. The third kappa shape index (κ3) is 5.08. The van der Waals surface area contributed by atoms with Crippen LogP contribution >= 0.6 is 38.5 Å². The Kier molecular flexibility index (Phi) is 6.40. The van der Waals surface area contributed by atoms with E-state index in [9.17, 15) is 14.4 Å². The molecule has 1 rings (SSSR count). The van der Waals surface area contributed by atoms with Crippen LogP contribution < -0.4 is 11.1 Å². The number of aliphatic carboxylic acids is 1. The molecule has 6 nitrogen and oxygen atoms in total. The van der Waals surface area contributed by atoms with Gasteiger partial charge in [0.15, 0.2) is 0 Å². The van der Waals surface area contributed by atoms with Crippen molar-refractivity contribution in [3.8, 4) is 0 Å². The van der Waals surface area contributed by atoms with Gasteiger partial charge in [0.05, 0.1) is 5.56 Å². The molecule has 0 aliphatic carbocycles. The lowest BCUT2D eigenvalue weighted by molar-refractivity contribution is -0.139. The molecule has 108 valence electrons. The number of carboxylic acids is 1. The van der Waals surface area contributed by atoms with Crippen LogP contribution in [-0.2, 0) is 9.59 Å². The van der Waals surface area contributed by atoms with Gasteiger partial charge in [0.25, 0.3) is 5.91 Å². The number of nitrogens with two attached hydrogens (primary N) is 1. The van der Waals surface area contributed by atoms with E-state index in [1.54, 1.807) is 18.2 Å². The van der Waals surface area contributed by atoms with Crippen molar-refractivity contribution in [3.63, 3.8) is 0 Å². The molecule has 0 aliphatic rings. The van der Waals surface area contributed by atoms with Gasteiger partial charge in [-0.25, -0.2) is 4.79 Å². The summed E-state index contributed by atoms with van der Waals surface area (Å²) in [7, 11) is 0. The van der Waals surface area contributed by atoms with Crippen molar-refractivity contribution >= 4 is 56.3 Å². The first kappa shape index (κ1) is 16.9. The van der Waals surface area contributed by atoms with Gasteiger partial charge >= 0.3 is 5.97 Å². The molecule has 0 fully saturated rings. The van der Waals surface area contributed by atoms with Crippen LogP contribution in [0.1, 0.15) is 23.2 Å². The second kappa shape index (κ2) is 7.58. The second-order valence-electron chi connectivity index (χ2n) is 3.99. The summed E-state index contributed by atoms with van der Waals surface area (Å²) in [6.45, 7) is 0. The number of hydrogen-bond acceptors (Lipinski definition) is 3. The quantitative estimate of drug-likeness (QED) is 0.566. The van der Waals surface area contributed by atoms with Gasteiger partial charge < -0.3 is 16.2 Å². The Morgan fingerprint density at radius 3 is 2.60 bits per heavy atom. The molecule has 2 amide bonds. The summed E-state index contributed by atoms with van der Waals surface area (Å²) >= 11 is 5.23. The Balaban J connectivity index is 2.82. The van der Waals surface area contributed by atoms with E-state index in [1.807, 2.05) is 22.6 Å². The van der Waals surface area contributed by atoms with Crippen LogP contribution in [-0.4, -0.2) is 28.9 Å². The molecule has 0 aliphatic heterocycles. The number of rotatable bonds is 6. The zero-order chi connectivity index (χ0) is 15.3. The highest BCUT2D eigenvalue weighted by molar-refractivity contribution is 14.1. The minimum atomic E-state index is -1.20. The maximum absolute atomic E-state index is 12.1. The molecule has 0 saturated heterocycles. The molecule has 0 radical (unpaired) electrons. The maximum atomic E-state index is 12.1. The number of nitrogens with one attached hydrogen (secondary N) is 1. The van der Waals surface area contributed by atoms with Gasteiger partial charge in [-0.1, -0.05) is 15.9 Å². The molecule has 0 aromatic heterocycles. The Morgan fingerprint density at radius 1 is 1.40 bits per heavy atom. The zero-order valence-corrected chi connectivity index (χ0v) is 14.0. The number of carboxylic acid groups (broad SMARTS) is 1. The Labute approximate surface area is 137 Å². The molecule has 0 bridgehead atoms. The smallest absolute Gasteiger partial charge is 0.326 e. The largest absolute Gasteiger partial charge is 0.480 e. The van der Waals surface area contributed by atoms with Gasteiger partial charge in [0, 0.05) is 14.5 Å². The zero-order valence-electron chi connectivity index (χ0n) is 10.2. The number of primary amides is 1. The lowest BCUT2D eigenvalue weighted by Gasteiger charge is -2.14. The van der Waals surface area contributed by atoms with Crippen LogP contribution in [0.4, 0.5) is 0 Å². The van der Waals surface area contributed by atoms with Gasteiger partial charge in [-0.3, -0.25) is 9.59 Å². The number of halogens is 2. The van der Waals surface area contributed by atoms with E-state index in [-0.39, 0.29) is 12.8 Å². The maximum Gasteiger partial charge on any atom is 0.326 e. The highest BCUT2D eigenvalue weighted by Gasteiger charge is 2.22. The molecule has 0 spiro atoms. The molecule has 8 heteroatoms. The summed E-state index contributed by atoms with van der Waals surface area (Å²) in [6, 6.07) is 3.97. The molecular formula is C12H12BrIN2O4. The fourth-order valence-corrected chi connectivity index (χ4v) is 2.39. The standard InChI is InChI=1S/C12H12BrIN2O4/c13-6-1-2-8(14)7(5-6)11(18)16-9(12(19)20)3-4-10(15)17/h1-2,5,9H,3-4H2,(H2,15,17)(H,16,18)(H,19,20)/t9-/m1/s1. The van der Waals surface area contributed by atoms with E-state index >= 15 is 0 Å². The molecule has 0 unspecified atom stereocenters. The van der Waals surface area contributed by atoms with Crippen LogP contribution in [0.15, 0.2) is 22.7 Å². The molecule has 1 aromatic carbocycles. The van der Waals surface area contributed by atoms with Crippen molar-refractivity contribution in [1.82, 2.24) is 5.32 Å². The van der Waals surface area contributed by atoms with Crippen molar-refractivity contribution in [2.24, 2.45) is 5.73 Å². The van der Waals surface area contributed by atoms with Crippen LogP contribution in [0.5, 0.6) is 0 Å². The lowest BCUT2D eigenvalue weighted by atomic mass is 10.1. The van der Waals surface area contributed by atoms with Crippen molar-refractivity contribution in [3.05, 3.63) is 31.8 Å². The highest BCUT2D eigenvalue weighted by atomic mass is 127. The summed E-state index contributed by atoms with van der Waals surface area (Å²) in [5.41, 5.74) is 5.34. The average Bonchev–Trinajstić information content (AvgIpc) is 2.36. The third-order valence-electron chi connectivity index (χ3n) is 2.46. The fourth-order valence-electron chi connectivity index (χ4n) is 1.45. The van der Waals surface area contributed by atoms with Crippen molar-refractivity contribution in [2.45, 2.75) is 18.9 Å². The number of amides is 2. The molecule has 0 heterocycles. The summed E-state index contributed by atoms with van der Waals surface area (Å²) in [5.74, 6) is -2.32. The van der Waals surface area contributed by atoms with Gasteiger partial charge in [-0.2, -0.15) is 0 Å². The van der Waals surface area contributed by atoms with E-state index in [0.717, 1.165) is 0 Å². The molecule has 0 saturated carbocycles. The van der Waals surface area contributed by atoms with Gasteiger partial charge in [0.2, 0.25) is 5.91 Å². The SMILES string of the molecule is NC(=O)CC[C@@H](NC(=O)c1cc(Br)ccc1I)C(=O)O. The van der Waals surface area contributed by atoms with Gasteiger partial charge in [-0.15, -0.1) is 0 Å². The summed E-state index contributed by atoms with van der Waals surface area (Å²) in [6.07, 6.45) is -0.145. The molecule has 1 aromatic rings. The lowest BCUT2D eigenvalue weighted by Crippen LogP contribution is -2.41. The summed E-state index contributed by atoms with van der Waals surface area (Å²) in [4.78, 5) is 33.8. The number of hydrogen-bond donors (Lipinski definition) is 3. The topological polar surface area (TPSA) is 109 Å². The highest BCUT2D eigenvalue weighted by Crippen LogP contribution is 2.18. The van der Waals surface area contributed by atoms with Crippen LogP contribution in [0.3, 0.4) is 0 Å². The number of carbonyl (C=O) groups excluding carboxylic acids is 2. The second-order valence-corrected chi connectivity index (χ2v) is 6.07. The predicted molar refractivity (Wildman–Crippen MR) is 84.2 cm³/mol. The van der Waals surface area contributed by atoms with Crippen LogP contribution in [0, 0.1) is 3.57 Å². The van der Waals surface area contributed by atoms with E-state index in [0.29, 0.717) is 13.6 Å². The van der Waals surface area contributed by atoms with Crippen molar-refractivity contribution in [1.29, 1.82) is 0 Å². The monoisotopic (exact) mass is 454 g/mol. The van der Waals surface area contributed by atoms with Crippen LogP contribution in [0.2, 0.25) is 0 Å². The normalized spacial score (nSPS) is 11.7. The Hall–Kier alpha value is -1.16. The summed E-state index contributed by atoms with van der Waals surface area (Å²) in [5, 5.41) is 11.4. The van der Waals surface area contributed by atoms with Crippen molar-refractivity contribution < 1.29 is 19.5 Å². The molecule has 20 heavy (non-hydrogen) atoms. The Bertz CT molecular complexity index is 550. The van der Waals surface area contributed by atoms with E-state index in [1.165, 1.54) is 0 Å². The average molecular weight is 455 g/mol. The first-order chi connectivity index (χ1) is 9.31. The fraction of sp³-hybridized carbons (Fsp3) is 0.250. The van der Waals surface area contributed by atoms with Crippen molar-refractivity contribution in [2.75, 3.05) is 0 Å². The van der Waals surface area contributed by atoms with Crippen LogP contribution in [0.25, 0.3) is 0 Å².